The summed E-state index contributed by atoms with van der Waals surface area (Å²) >= 11 is 11.7. The Morgan fingerprint density at radius 1 is 1.00 bits per heavy atom. The molecule has 1 N–H and O–H groups in total. The normalized spacial score (nSPS) is 10.6. The number of nitrogens with zero attached hydrogens (tertiary/aromatic N) is 5. The number of Topliss-reactive ketones (excluding diaryl/α,β-unsaturated/α-hetero) is 2. The highest BCUT2D eigenvalue weighted by Crippen LogP contribution is 2.19. The molecule has 0 radical (unpaired) electrons. The van der Waals surface area contributed by atoms with Crippen LogP contribution in [-0.4, -0.2) is 41.8 Å². The summed E-state index contributed by atoms with van der Waals surface area (Å²) in [6.07, 6.45) is 6.14. The van der Waals surface area contributed by atoms with Crippen molar-refractivity contribution >= 4 is 46.2 Å². The van der Waals surface area contributed by atoms with Crippen molar-refractivity contribution in [3.63, 3.8) is 0 Å². The summed E-state index contributed by atoms with van der Waals surface area (Å²) in [6.45, 7) is 6.15. The number of rotatable bonds is 4. The molecule has 0 aliphatic heterocycles. The topological polar surface area (TPSA) is 119 Å². The Kier molecular flexibility index (Phi) is 10.9. The first-order valence-electron chi connectivity index (χ1n) is 8.41. The van der Waals surface area contributed by atoms with Gasteiger partial charge in [0.2, 0.25) is 5.78 Å². The smallest absolute Gasteiger partial charge is 0.287 e. The minimum atomic E-state index is -0.663. The fourth-order valence-electron chi connectivity index (χ4n) is 2.40. The molecule has 0 saturated carbocycles. The molecule has 1 atom stereocenters. The summed E-state index contributed by atoms with van der Waals surface area (Å²) < 4.78 is 1.66. The zero-order chi connectivity index (χ0) is 21.7. The molecule has 0 aliphatic rings. The molecule has 3 heterocycles. The first kappa shape index (κ1) is 28.1. The Labute approximate surface area is 191 Å². The summed E-state index contributed by atoms with van der Waals surface area (Å²) in [4.78, 5) is 48.9. The minimum Gasteiger partial charge on any atom is -0.341 e. The van der Waals surface area contributed by atoms with Crippen LogP contribution in [-0.2, 0) is 9.59 Å². The van der Waals surface area contributed by atoms with Gasteiger partial charge in [0.1, 0.15) is 5.52 Å². The molecular weight excluding hydrogens is 443 g/mol. The standard InChI is InChI=1S/C9H10ClN3O2.C9H8ClN3O.2CH4/c1-5(13-9(15)6(2)14)7-8(10)12-4-3-11-7;1-5-7-8(10)11-3-4-13(7)9(12-5)6(2)14;;/h3-5H,1-2H3,(H,13,15);3-4H,1-2H3;2*1H4. The molecule has 3 rings (SSSR count). The van der Waals surface area contributed by atoms with Crippen LogP contribution in [0.2, 0.25) is 10.3 Å². The van der Waals surface area contributed by atoms with Gasteiger partial charge in [-0.2, -0.15) is 0 Å². The van der Waals surface area contributed by atoms with Gasteiger partial charge < -0.3 is 5.32 Å². The third kappa shape index (κ3) is 6.80. The molecule has 0 fully saturated rings. The molecule has 3 aromatic rings. The first-order chi connectivity index (χ1) is 13.6. The van der Waals surface area contributed by atoms with Gasteiger partial charge in [-0.25, -0.2) is 15.0 Å². The van der Waals surface area contributed by atoms with Gasteiger partial charge in [-0.3, -0.25) is 23.8 Å². The van der Waals surface area contributed by atoms with Gasteiger partial charge in [-0.15, -0.1) is 0 Å². The molecule has 0 aromatic carbocycles. The number of aryl methyl sites for hydroxylation is 1. The van der Waals surface area contributed by atoms with Crippen molar-refractivity contribution in [3.8, 4) is 0 Å². The van der Waals surface area contributed by atoms with Gasteiger partial charge in [-0.1, -0.05) is 38.1 Å². The van der Waals surface area contributed by atoms with E-state index in [-0.39, 0.29) is 25.8 Å². The van der Waals surface area contributed by atoms with Gasteiger partial charge in [0, 0.05) is 38.6 Å². The van der Waals surface area contributed by atoms with E-state index >= 15 is 0 Å². The summed E-state index contributed by atoms with van der Waals surface area (Å²) in [7, 11) is 0. The Morgan fingerprint density at radius 3 is 2.13 bits per heavy atom. The van der Waals surface area contributed by atoms with Crippen molar-refractivity contribution in [3.05, 3.63) is 52.3 Å². The molecule has 9 nitrogen and oxygen atoms in total. The van der Waals surface area contributed by atoms with Crippen LogP contribution in [0.1, 0.15) is 63.7 Å². The number of halogens is 2. The quantitative estimate of drug-likeness (QED) is 0.452. The van der Waals surface area contributed by atoms with Gasteiger partial charge in [-0.05, 0) is 13.8 Å². The summed E-state index contributed by atoms with van der Waals surface area (Å²) in [5.41, 5.74) is 1.85. The molecule has 31 heavy (non-hydrogen) atoms. The van der Waals surface area contributed by atoms with Crippen LogP contribution >= 0.6 is 23.2 Å². The number of imidazole rings is 1. The Hall–Kier alpha value is -2.91. The summed E-state index contributed by atoms with van der Waals surface area (Å²) in [6, 6.07) is -0.442. The summed E-state index contributed by atoms with van der Waals surface area (Å²) in [5.74, 6) is -0.914. The number of ketones is 2. The lowest BCUT2D eigenvalue weighted by Crippen LogP contribution is -2.32. The minimum absolute atomic E-state index is 0. The molecule has 168 valence electrons. The van der Waals surface area contributed by atoms with Crippen LogP contribution in [0.15, 0.2) is 24.8 Å². The third-order valence-corrected chi connectivity index (χ3v) is 4.32. The Bertz CT molecular complexity index is 1080. The number of hydrogen-bond acceptors (Lipinski definition) is 7. The van der Waals surface area contributed by atoms with Crippen molar-refractivity contribution < 1.29 is 14.4 Å². The van der Waals surface area contributed by atoms with Crippen molar-refractivity contribution in [1.82, 2.24) is 29.7 Å². The second-order valence-electron chi connectivity index (χ2n) is 6.00. The van der Waals surface area contributed by atoms with E-state index in [1.165, 1.54) is 26.2 Å². The largest absolute Gasteiger partial charge is 0.341 e. The van der Waals surface area contributed by atoms with Gasteiger partial charge in [0.15, 0.2) is 21.9 Å². The van der Waals surface area contributed by atoms with Crippen LogP contribution in [0.4, 0.5) is 0 Å². The molecule has 0 saturated heterocycles. The molecule has 1 unspecified atom stereocenters. The SMILES string of the molecule is C.C.CC(=O)C(=O)NC(C)c1nccnc1Cl.CC(=O)c1nc(C)c2c(Cl)nccn12. The van der Waals surface area contributed by atoms with E-state index in [9.17, 15) is 14.4 Å². The highest BCUT2D eigenvalue weighted by atomic mass is 35.5. The van der Waals surface area contributed by atoms with Crippen LogP contribution in [0.5, 0.6) is 0 Å². The van der Waals surface area contributed by atoms with Gasteiger partial charge >= 0.3 is 0 Å². The van der Waals surface area contributed by atoms with Crippen molar-refractivity contribution in [2.24, 2.45) is 0 Å². The number of carbonyl (C=O) groups excluding carboxylic acids is 3. The van der Waals surface area contributed by atoms with Crippen molar-refractivity contribution in [2.75, 3.05) is 0 Å². The van der Waals surface area contributed by atoms with Crippen molar-refractivity contribution in [1.29, 1.82) is 0 Å². The van der Waals surface area contributed by atoms with Crippen molar-refractivity contribution in [2.45, 2.75) is 48.6 Å². The van der Waals surface area contributed by atoms with E-state index in [2.05, 4.69) is 25.3 Å². The molecule has 1 amide bonds. The zero-order valence-corrected chi connectivity index (χ0v) is 17.6. The molecule has 11 heteroatoms. The Morgan fingerprint density at radius 2 is 1.58 bits per heavy atom. The fourth-order valence-corrected chi connectivity index (χ4v) is 2.96. The predicted molar refractivity (Wildman–Crippen MR) is 120 cm³/mol. The number of hydrogen-bond donors (Lipinski definition) is 1. The lowest BCUT2D eigenvalue weighted by atomic mass is 10.2. The van der Waals surface area contributed by atoms with E-state index in [4.69, 9.17) is 23.2 Å². The second kappa shape index (κ2) is 12.1. The zero-order valence-electron chi connectivity index (χ0n) is 16.1. The molecule has 0 aliphatic carbocycles. The van der Waals surface area contributed by atoms with Gasteiger partial charge in [0.25, 0.3) is 5.91 Å². The number of nitrogens with one attached hydrogen (secondary N) is 1. The average molecular weight is 469 g/mol. The van der Waals surface area contributed by atoms with Crippen LogP contribution in [0.3, 0.4) is 0 Å². The third-order valence-electron chi connectivity index (χ3n) is 3.76. The van der Waals surface area contributed by atoms with E-state index in [0.29, 0.717) is 27.9 Å². The Balaban J connectivity index is 0.000000546. The number of aromatic nitrogens is 5. The average Bonchev–Trinajstić information content (AvgIpc) is 3.00. The predicted octanol–water partition coefficient (Wildman–Crippen LogP) is 4.06. The van der Waals surface area contributed by atoms with Crippen LogP contribution < -0.4 is 5.32 Å². The van der Waals surface area contributed by atoms with E-state index < -0.39 is 17.7 Å². The van der Waals surface area contributed by atoms with Gasteiger partial charge in [0.05, 0.1) is 17.4 Å². The van der Waals surface area contributed by atoms with Crippen LogP contribution in [0, 0.1) is 6.92 Å². The van der Waals surface area contributed by atoms with E-state index in [0.717, 1.165) is 0 Å². The molecule has 0 spiro atoms. The first-order valence-corrected chi connectivity index (χ1v) is 9.17. The fraction of sp³-hybridized carbons (Fsp3) is 0.350. The van der Waals surface area contributed by atoms with Crippen LogP contribution in [0.25, 0.3) is 5.52 Å². The molecule has 3 aromatic heterocycles. The number of amides is 1. The van der Waals surface area contributed by atoms with E-state index in [1.54, 1.807) is 30.6 Å². The lowest BCUT2D eigenvalue weighted by molar-refractivity contribution is -0.137. The monoisotopic (exact) mass is 468 g/mol. The maximum atomic E-state index is 11.2. The number of fused-ring (bicyclic) bond motifs is 1. The molecule has 0 bridgehead atoms. The summed E-state index contributed by atoms with van der Waals surface area (Å²) in [5, 5.41) is 3.04. The molecular formula is C20H26Cl2N6O3. The maximum absolute atomic E-state index is 11.2. The maximum Gasteiger partial charge on any atom is 0.287 e. The lowest BCUT2D eigenvalue weighted by Gasteiger charge is -2.12. The highest BCUT2D eigenvalue weighted by Gasteiger charge is 2.16. The van der Waals surface area contributed by atoms with E-state index in [1.807, 2.05) is 0 Å². The highest BCUT2D eigenvalue weighted by molar-refractivity contribution is 6.35. The number of carbonyl (C=O) groups is 3. The second-order valence-corrected chi connectivity index (χ2v) is 6.71.